The third-order valence-corrected chi connectivity index (χ3v) is 6.28. The average molecular weight is 466 g/mol. The van der Waals surface area contributed by atoms with Crippen LogP contribution in [-0.2, 0) is 16.8 Å². The summed E-state index contributed by atoms with van der Waals surface area (Å²) in [5, 5.41) is 0.281. The van der Waals surface area contributed by atoms with Crippen molar-refractivity contribution in [3.8, 4) is 16.9 Å². The van der Waals surface area contributed by atoms with Crippen LogP contribution in [0.5, 0.6) is 5.75 Å². The van der Waals surface area contributed by atoms with Gasteiger partial charge in [-0.05, 0) is 54.4 Å². The van der Waals surface area contributed by atoms with Gasteiger partial charge in [0.15, 0.2) is 11.5 Å². The van der Waals surface area contributed by atoms with Gasteiger partial charge in [-0.3, -0.25) is 9.69 Å². The molecule has 2 N–H and O–H groups in total. The normalized spacial score (nSPS) is 23.9. The number of aromatic nitrogens is 2. The molecule has 1 amide bonds. The first-order valence-corrected chi connectivity index (χ1v) is 10.8. The average Bonchev–Trinajstić information content (AvgIpc) is 2.97. The van der Waals surface area contributed by atoms with Crippen LogP contribution in [0.25, 0.3) is 11.1 Å². The van der Waals surface area contributed by atoms with E-state index < -0.39 is 17.0 Å². The number of nitrogens with zero attached hydrogens (tertiary/aromatic N) is 4. The largest absolute Gasteiger partial charge is 0.487 e. The van der Waals surface area contributed by atoms with E-state index in [2.05, 4.69) is 15.0 Å². The van der Waals surface area contributed by atoms with Crippen LogP contribution in [0.4, 0.5) is 4.39 Å². The predicted molar refractivity (Wildman–Crippen MR) is 122 cm³/mol. The first-order chi connectivity index (χ1) is 15.7. The molecule has 5 rings (SSSR count). The molecule has 7 nitrogen and oxygen atoms in total. The number of amides is 1. The minimum Gasteiger partial charge on any atom is -0.487 e. The van der Waals surface area contributed by atoms with Crippen LogP contribution in [0.1, 0.15) is 24.7 Å². The highest BCUT2D eigenvalue weighted by molar-refractivity contribution is 6.30. The second-order valence-corrected chi connectivity index (χ2v) is 9.07. The van der Waals surface area contributed by atoms with Gasteiger partial charge in [0.2, 0.25) is 0 Å². The third kappa shape index (κ3) is 3.60. The minimum atomic E-state index is -1.27. The molecule has 1 spiro atoms. The number of aliphatic imine (C=N–C) groups is 1. The molecule has 1 unspecified atom stereocenters. The molecular formula is C24H21ClFN5O2. The van der Waals surface area contributed by atoms with Gasteiger partial charge in [-0.1, -0.05) is 17.7 Å². The van der Waals surface area contributed by atoms with Crippen molar-refractivity contribution in [1.29, 1.82) is 0 Å². The van der Waals surface area contributed by atoms with Crippen molar-refractivity contribution in [1.82, 2.24) is 14.9 Å². The van der Waals surface area contributed by atoms with Crippen molar-refractivity contribution in [3.05, 3.63) is 77.1 Å². The lowest BCUT2D eigenvalue weighted by Gasteiger charge is -2.43. The number of likely N-dealkylation sites (N-methyl/N-ethyl adjacent to an activating group) is 1. The Morgan fingerprint density at radius 2 is 1.94 bits per heavy atom. The van der Waals surface area contributed by atoms with E-state index in [9.17, 15) is 9.18 Å². The number of hydrogen-bond acceptors (Lipinski definition) is 6. The quantitative estimate of drug-likeness (QED) is 0.636. The highest BCUT2D eigenvalue weighted by atomic mass is 35.5. The monoisotopic (exact) mass is 465 g/mol. The van der Waals surface area contributed by atoms with Crippen LogP contribution >= 0.6 is 11.6 Å². The predicted octanol–water partition coefficient (Wildman–Crippen LogP) is 3.70. The lowest BCUT2D eigenvalue weighted by atomic mass is 9.75. The second kappa shape index (κ2) is 7.52. The van der Waals surface area contributed by atoms with Gasteiger partial charge in [-0.25, -0.2) is 19.4 Å². The first kappa shape index (κ1) is 21.3. The van der Waals surface area contributed by atoms with Crippen LogP contribution in [0, 0.1) is 5.82 Å². The number of hydrogen-bond donors (Lipinski definition) is 1. The second-order valence-electron chi connectivity index (χ2n) is 8.63. The maximum atomic E-state index is 14.0. The highest BCUT2D eigenvalue weighted by Gasteiger charge is 2.57. The number of nitrogens with two attached hydrogens (primary N) is 1. The van der Waals surface area contributed by atoms with Gasteiger partial charge >= 0.3 is 0 Å². The number of guanidine groups is 1. The Morgan fingerprint density at radius 1 is 1.18 bits per heavy atom. The molecule has 0 radical (unpaired) electrons. The van der Waals surface area contributed by atoms with E-state index in [-0.39, 0.29) is 23.3 Å². The minimum absolute atomic E-state index is 0.130. The Hall–Kier alpha value is -3.52. The number of benzene rings is 2. The zero-order valence-corrected chi connectivity index (χ0v) is 18.8. The fourth-order valence-electron chi connectivity index (χ4n) is 4.62. The fraction of sp³-hybridized carbons (Fsp3) is 0.250. The highest BCUT2D eigenvalue weighted by Crippen LogP contribution is 2.50. The molecule has 0 bridgehead atoms. The Labute approximate surface area is 195 Å². The molecular weight excluding hydrogens is 445 g/mol. The summed E-state index contributed by atoms with van der Waals surface area (Å²) < 4.78 is 20.4. The summed E-state index contributed by atoms with van der Waals surface area (Å²) in [6, 6.07) is 11.4. The molecule has 0 fully saturated rings. The zero-order chi connectivity index (χ0) is 23.4. The number of fused-ring (bicyclic) bond motifs is 2. The van der Waals surface area contributed by atoms with Gasteiger partial charge in [0.25, 0.3) is 5.91 Å². The number of carbonyl (C=O) groups is 1. The third-order valence-electron chi connectivity index (χ3n) is 6.07. The molecule has 3 heterocycles. The van der Waals surface area contributed by atoms with E-state index in [4.69, 9.17) is 22.1 Å². The molecule has 0 saturated heterocycles. The molecule has 3 aromatic rings. The van der Waals surface area contributed by atoms with Gasteiger partial charge in [0, 0.05) is 42.9 Å². The molecule has 1 aromatic heterocycles. The maximum absolute atomic E-state index is 14.0. The first-order valence-electron chi connectivity index (χ1n) is 10.4. The van der Waals surface area contributed by atoms with Crippen LogP contribution < -0.4 is 10.5 Å². The molecule has 0 saturated carbocycles. The van der Waals surface area contributed by atoms with E-state index in [0.717, 1.165) is 0 Å². The van der Waals surface area contributed by atoms with Gasteiger partial charge in [-0.15, -0.1) is 0 Å². The zero-order valence-electron chi connectivity index (χ0n) is 18.0. The number of halogens is 2. The van der Waals surface area contributed by atoms with Crippen molar-refractivity contribution in [2.45, 2.75) is 30.9 Å². The molecule has 0 aliphatic carbocycles. The van der Waals surface area contributed by atoms with Crippen molar-refractivity contribution in [2.24, 2.45) is 10.7 Å². The number of ether oxygens (including phenoxy) is 1. The summed E-state index contributed by atoms with van der Waals surface area (Å²) in [4.78, 5) is 28.1. The van der Waals surface area contributed by atoms with Crippen molar-refractivity contribution < 1.29 is 13.9 Å². The molecule has 2 aliphatic rings. The van der Waals surface area contributed by atoms with Crippen LogP contribution in [0.2, 0.25) is 5.02 Å². The van der Waals surface area contributed by atoms with E-state index in [1.54, 1.807) is 49.8 Å². The lowest BCUT2D eigenvalue weighted by Crippen LogP contribution is -2.51. The summed E-state index contributed by atoms with van der Waals surface area (Å²) in [7, 11) is 1.60. The van der Waals surface area contributed by atoms with Crippen LogP contribution in [-0.4, -0.2) is 39.4 Å². The van der Waals surface area contributed by atoms with E-state index in [0.29, 0.717) is 34.7 Å². The molecule has 33 heavy (non-hydrogen) atoms. The van der Waals surface area contributed by atoms with E-state index in [1.807, 2.05) is 6.92 Å². The standard InChI is InChI=1S/C24H21ClFN5O2/c1-23(12-20-28-6-3-7-29-20)13-24(21(32)31(2)22(27)30-24)18-10-14(4-5-19(18)33-23)15-8-16(25)11-17(26)9-15/h3-11H,12-13H2,1-2H3,(H2,27,30)/t23-,24?/m1/s1. The molecule has 168 valence electrons. The van der Waals surface area contributed by atoms with Gasteiger partial charge in [0.1, 0.15) is 23.0 Å². The Bertz CT molecular complexity index is 1280. The molecule has 2 aromatic carbocycles. The topological polar surface area (TPSA) is 93.7 Å². The maximum Gasteiger partial charge on any atom is 0.261 e. The van der Waals surface area contributed by atoms with E-state index in [1.165, 1.54) is 17.0 Å². The Morgan fingerprint density at radius 3 is 2.61 bits per heavy atom. The van der Waals surface area contributed by atoms with Crippen LogP contribution in [0.15, 0.2) is 59.9 Å². The van der Waals surface area contributed by atoms with Gasteiger partial charge < -0.3 is 10.5 Å². The summed E-state index contributed by atoms with van der Waals surface area (Å²) in [6.45, 7) is 1.91. The lowest BCUT2D eigenvalue weighted by molar-refractivity contribution is -0.134. The number of rotatable bonds is 3. The van der Waals surface area contributed by atoms with Gasteiger partial charge in [0.05, 0.1) is 0 Å². The Kier molecular flexibility index (Phi) is 4.86. The SMILES string of the molecule is CN1C(=O)C2(C[C@@](C)(Cc3ncccn3)Oc3ccc(-c4cc(F)cc(Cl)c4)cc32)N=C1N. The molecule has 9 heteroatoms. The Balaban J connectivity index is 1.65. The summed E-state index contributed by atoms with van der Waals surface area (Å²) in [5.41, 5.74) is 5.83. The van der Waals surface area contributed by atoms with E-state index >= 15 is 0 Å². The van der Waals surface area contributed by atoms with Gasteiger partial charge in [-0.2, -0.15) is 0 Å². The summed E-state index contributed by atoms with van der Waals surface area (Å²) >= 11 is 6.06. The van der Waals surface area contributed by atoms with Crippen molar-refractivity contribution >= 4 is 23.5 Å². The summed E-state index contributed by atoms with van der Waals surface area (Å²) in [5.74, 6) is 0.534. The molecule has 2 atom stereocenters. The van der Waals surface area contributed by atoms with Crippen molar-refractivity contribution in [2.75, 3.05) is 7.05 Å². The number of carbonyl (C=O) groups excluding carboxylic acids is 1. The molecule has 2 aliphatic heterocycles. The summed E-state index contributed by atoms with van der Waals surface area (Å²) in [6.07, 6.45) is 3.95. The van der Waals surface area contributed by atoms with Crippen molar-refractivity contribution in [3.63, 3.8) is 0 Å². The van der Waals surface area contributed by atoms with Crippen LogP contribution in [0.3, 0.4) is 0 Å². The fourth-order valence-corrected chi connectivity index (χ4v) is 4.85. The smallest absolute Gasteiger partial charge is 0.261 e.